The van der Waals surface area contributed by atoms with E-state index in [1.165, 1.54) is 5.94 Å². The molecule has 0 atom stereocenters. The second kappa shape index (κ2) is 19.0. The number of hydrogen-bond donors (Lipinski definition) is 3. The molecule has 10 heteroatoms. The Bertz CT molecular complexity index is 421. The second-order valence-corrected chi connectivity index (χ2v) is 3.86. The second-order valence-electron chi connectivity index (χ2n) is 3.41. The number of carbonyl (C=O) groups excluding carboxylic acids is 2. The van der Waals surface area contributed by atoms with Gasteiger partial charge in [-0.25, -0.2) is 21.7 Å². The molecule has 0 heterocycles. The van der Waals surface area contributed by atoms with Crippen molar-refractivity contribution in [3.05, 3.63) is 43.6 Å². The summed E-state index contributed by atoms with van der Waals surface area (Å²) in [6.07, 6.45) is 10.7. The van der Waals surface area contributed by atoms with Gasteiger partial charge in [-0.15, -0.1) is 6.42 Å². The predicted octanol–water partition coefficient (Wildman–Crippen LogP) is -2.33. The van der Waals surface area contributed by atoms with Crippen LogP contribution in [0.1, 0.15) is 6.42 Å². The molecule has 8 nitrogen and oxygen atoms in total. The monoisotopic (exact) mass is 386 g/mol. The Morgan fingerprint density at radius 3 is 1.96 bits per heavy atom. The molecule has 0 aliphatic heterocycles. The average molecular weight is 386 g/mol. The van der Waals surface area contributed by atoms with Crippen molar-refractivity contribution in [1.82, 2.24) is 0 Å². The molecular weight excluding hydrogens is 370 g/mol. The van der Waals surface area contributed by atoms with Crippen molar-refractivity contribution in [2.75, 3.05) is 13.2 Å². The van der Waals surface area contributed by atoms with Crippen LogP contribution in [0.2, 0.25) is 0 Å². The summed E-state index contributed by atoms with van der Waals surface area (Å²) in [4.78, 5) is 45.3. The third kappa shape index (κ3) is 15.6. The van der Waals surface area contributed by atoms with E-state index < -0.39 is 33.0 Å². The number of allylic oxidation sites excluding steroid dienone is 4. The van der Waals surface area contributed by atoms with Crippen LogP contribution in [-0.2, 0) is 26.7 Å². The quantitative estimate of drug-likeness (QED) is 0.159. The van der Waals surface area contributed by atoms with Crippen LogP contribution in [0.3, 0.4) is 0 Å². The number of hydrogen-bond acceptors (Lipinski definition) is 8. The summed E-state index contributed by atoms with van der Waals surface area (Å²) in [5.41, 5.74) is -1.75. The van der Waals surface area contributed by atoms with Crippen molar-refractivity contribution in [3.8, 4) is 0 Å². The number of aliphatic hydroxyl groups is 3. The standard InChI is InChI=1S/C7H8O5.C5H5.CH3.Mn.O3P/c8-2-1-7(4-10,5-11)6(12)3-9;1-2-4-5-3-1;;;1-4(2)3/h1,10-12H,4-5H2;1-3H,4H2;1H3;;/q;2*-1;+3;-3. The summed E-state index contributed by atoms with van der Waals surface area (Å²) >= 11 is 0. The first kappa shape index (κ1) is 29.9. The summed E-state index contributed by atoms with van der Waals surface area (Å²) in [6.45, 7) is -1.53. The molecule has 23 heavy (non-hydrogen) atoms. The third-order valence-electron chi connectivity index (χ3n) is 2.05. The maximum Gasteiger partial charge on any atom is 3.00 e. The Labute approximate surface area is 146 Å². The summed E-state index contributed by atoms with van der Waals surface area (Å²) < 4.78 is 0. The minimum Gasteiger partial charge on any atom is -0.854 e. The molecular formula is C13H16MnO8P-2. The predicted molar refractivity (Wildman–Crippen MR) is 73.6 cm³/mol. The molecule has 0 unspecified atom stereocenters. The zero-order valence-corrected chi connectivity index (χ0v) is 14.2. The first-order valence-electron chi connectivity index (χ1n) is 5.31. The van der Waals surface area contributed by atoms with Crippen molar-refractivity contribution < 1.29 is 56.7 Å². The van der Waals surface area contributed by atoms with Crippen molar-refractivity contribution in [1.29, 1.82) is 0 Å². The molecule has 1 rings (SSSR count). The van der Waals surface area contributed by atoms with Gasteiger partial charge in [0.05, 0.1) is 13.2 Å². The van der Waals surface area contributed by atoms with Crippen LogP contribution in [0.4, 0.5) is 0 Å². The van der Waals surface area contributed by atoms with E-state index in [4.69, 9.17) is 30.0 Å². The van der Waals surface area contributed by atoms with Crippen LogP contribution >= 0.6 is 8.60 Å². The topological polar surface area (TPSA) is 164 Å². The molecule has 0 fully saturated rings. The molecule has 3 N–H and O–H groups in total. The van der Waals surface area contributed by atoms with Crippen LogP contribution < -0.4 is 14.7 Å². The van der Waals surface area contributed by atoms with E-state index in [1.807, 2.05) is 12.2 Å². The maximum absolute atomic E-state index is 9.96. The normalized spacial score (nSPS) is 10.5. The van der Waals surface area contributed by atoms with Crippen molar-refractivity contribution in [2.45, 2.75) is 6.42 Å². The Kier molecular flexibility index (Phi) is 24.7. The van der Waals surface area contributed by atoms with Gasteiger partial charge in [0.15, 0.2) is 11.7 Å². The van der Waals surface area contributed by atoms with Gasteiger partial charge in [-0.3, -0.25) is 6.08 Å². The Morgan fingerprint density at radius 1 is 1.30 bits per heavy atom. The van der Waals surface area contributed by atoms with Crippen LogP contribution in [-0.4, -0.2) is 40.4 Å². The molecule has 0 amide bonds. The van der Waals surface area contributed by atoms with Gasteiger partial charge >= 0.3 is 17.1 Å². The van der Waals surface area contributed by atoms with Gasteiger partial charge in [-0.05, 0) is 0 Å². The average Bonchev–Trinajstić information content (AvgIpc) is 3.03. The first-order chi connectivity index (χ1) is 9.90. The molecule has 0 saturated carbocycles. The van der Waals surface area contributed by atoms with E-state index in [9.17, 15) is 9.59 Å². The van der Waals surface area contributed by atoms with Gasteiger partial charge in [0.25, 0.3) is 0 Å². The summed E-state index contributed by atoms with van der Waals surface area (Å²) in [6, 6.07) is 0. The molecule has 0 spiro atoms. The minimum atomic E-state index is -3.37. The van der Waals surface area contributed by atoms with Crippen LogP contribution in [0, 0.1) is 18.9 Å². The Balaban J connectivity index is -0.000000136. The van der Waals surface area contributed by atoms with Crippen molar-refractivity contribution >= 4 is 20.5 Å². The van der Waals surface area contributed by atoms with Crippen molar-refractivity contribution in [2.24, 2.45) is 5.41 Å². The van der Waals surface area contributed by atoms with Gasteiger partial charge in [0, 0.05) is 6.08 Å². The zero-order chi connectivity index (χ0) is 16.7. The summed E-state index contributed by atoms with van der Waals surface area (Å²) in [5, 5.41) is 26.2. The Hall–Kier alpha value is -1.07. The smallest absolute Gasteiger partial charge is 0.854 e. The zero-order valence-electron chi connectivity index (χ0n) is 12.1. The largest absolute Gasteiger partial charge is 3.00 e. The summed E-state index contributed by atoms with van der Waals surface area (Å²) in [7, 11) is -3.37. The first-order valence-corrected chi connectivity index (χ1v) is 6.41. The van der Waals surface area contributed by atoms with E-state index in [2.05, 4.69) is 12.2 Å². The maximum atomic E-state index is 9.96. The SMILES string of the molecule is O=C=CC(CO)(CO)C(O)=C=O.[C-]1=CC=CC1.[CH3-].[Mn+3].[O-]P([O-])[O-]. The van der Waals surface area contributed by atoms with Gasteiger partial charge in [0.1, 0.15) is 11.4 Å². The van der Waals surface area contributed by atoms with Gasteiger partial charge in [-0.2, -0.15) is 6.08 Å². The summed E-state index contributed by atoms with van der Waals surface area (Å²) in [5.74, 6) is 1.44. The fourth-order valence-electron chi connectivity index (χ4n) is 0.914. The van der Waals surface area contributed by atoms with E-state index >= 15 is 0 Å². The van der Waals surface area contributed by atoms with E-state index in [-0.39, 0.29) is 24.5 Å². The third-order valence-corrected chi connectivity index (χ3v) is 2.05. The molecule has 0 bridgehead atoms. The molecule has 0 aromatic rings. The van der Waals surface area contributed by atoms with Crippen molar-refractivity contribution in [3.63, 3.8) is 0 Å². The van der Waals surface area contributed by atoms with Crippen LogP contribution in [0.5, 0.6) is 0 Å². The van der Waals surface area contributed by atoms with Crippen LogP contribution in [0.25, 0.3) is 0 Å². The molecule has 130 valence electrons. The van der Waals surface area contributed by atoms with E-state index in [1.54, 1.807) is 0 Å². The minimum absolute atomic E-state index is 0. The van der Waals surface area contributed by atoms with Gasteiger partial charge in [-0.1, -0.05) is 0 Å². The molecule has 0 saturated heterocycles. The fourth-order valence-corrected chi connectivity index (χ4v) is 0.914. The van der Waals surface area contributed by atoms with Crippen LogP contribution in [0.15, 0.2) is 30.1 Å². The molecule has 0 radical (unpaired) electrons. The molecule has 0 aromatic carbocycles. The van der Waals surface area contributed by atoms with E-state index in [0.29, 0.717) is 6.08 Å². The van der Waals surface area contributed by atoms with E-state index in [0.717, 1.165) is 12.4 Å². The fraction of sp³-hybridized carbons (Fsp3) is 0.308. The Morgan fingerprint density at radius 2 is 1.78 bits per heavy atom. The van der Waals surface area contributed by atoms with Gasteiger partial charge < -0.3 is 46.0 Å². The molecule has 0 aromatic heterocycles. The van der Waals surface area contributed by atoms with Gasteiger partial charge in [0.2, 0.25) is 0 Å². The molecule has 1 aliphatic carbocycles. The number of aliphatic hydroxyl groups excluding tert-OH is 3. The number of rotatable bonds is 4. The molecule has 1 aliphatic rings.